The van der Waals surface area contributed by atoms with Gasteiger partial charge in [-0.3, -0.25) is 4.79 Å². The van der Waals surface area contributed by atoms with Gasteiger partial charge in [0.05, 0.1) is 18.2 Å². The Hall–Kier alpha value is -1.78. The molecule has 0 bridgehead atoms. The number of ether oxygens (including phenoxy) is 1. The van der Waals surface area contributed by atoms with Crippen LogP contribution >= 0.6 is 0 Å². The maximum atomic E-state index is 12.8. The van der Waals surface area contributed by atoms with E-state index >= 15 is 0 Å². The van der Waals surface area contributed by atoms with Gasteiger partial charge in [0.25, 0.3) is 5.91 Å². The summed E-state index contributed by atoms with van der Waals surface area (Å²) in [7, 11) is 1.34. The van der Waals surface area contributed by atoms with Crippen LogP contribution in [0.15, 0.2) is 0 Å². The Morgan fingerprint density at radius 3 is 2.45 bits per heavy atom. The van der Waals surface area contributed by atoms with E-state index in [2.05, 4.69) is 11.9 Å². The topological polar surface area (TPSA) is 62.4 Å². The number of hydrogen-bond acceptors (Lipinski definition) is 3. The molecule has 0 spiro atoms. The van der Waals surface area contributed by atoms with Gasteiger partial charge >= 0.3 is 5.97 Å². The van der Waals surface area contributed by atoms with E-state index in [1.807, 2.05) is 11.8 Å². The molecule has 5 nitrogen and oxygen atoms in total. The van der Waals surface area contributed by atoms with Crippen molar-refractivity contribution < 1.29 is 14.3 Å². The average molecular weight is 278 g/mol. The van der Waals surface area contributed by atoms with Crippen LogP contribution in [0.2, 0.25) is 0 Å². The minimum atomic E-state index is -0.458. The van der Waals surface area contributed by atoms with Gasteiger partial charge in [-0.15, -0.1) is 0 Å². The summed E-state index contributed by atoms with van der Waals surface area (Å²) in [6.45, 7) is 6.42. The van der Waals surface area contributed by atoms with Crippen LogP contribution in [-0.4, -0.2) is 41.5 Å². The number of amides is 1. The van der Waals surface area contributed by atoms with Crippen LogP contribution in [0.1, 0.15) is 58.3 Å². The van der Waals surface area contributed by atoms with Crippen molar-refractivity contribution in [2.24, 2.45) is 0 Å². The lowest BCUT2D eigenvalue weighted by atomic mass is 10.0. The van der Waals surface area contributed by atoms with Crippen LogP contribution in [0, 0.1) is 13.8 Å². The third-order valence-corrected chi connectivity index (χ3v) is 4.04. The Balaban J connectivity index is 2.41. The SMILES string of the molecule is COC(=O)c1c(C)[nH]c(C)c1C(=O)N1CCCCC1C. The zero-order chi connectivity index (χ0) is 14.9. The molecule has 1 aliphatic heterocycles. The smallest absolute Gasteiger partial charge is 0.340 e. The first kappa shape index (κ1) is 14.6. The number of aromatic nitrogens is 1. The predicted molar refractivity (Wildman–Crippen MR) is 76.0 cm³/mol. The van der Waals surface area contributed by atoms with Crippen LogP contribution in [0.4, 0.5) is 0 Å². The molecule has 5 heteroatoms. The fourth-order valence-electron chi connectivity index (χ4n) is 2.95. The minimum Gasteiger partial charge on any atom is -0.465 e. The molecule has 1 aromatic rings. The summed E-state index contributed by atoms with van der Waals surface area (Å²) in [5.41, 5.74) is 2.24. The number of rotatable bonds is 2. The maximum Gasteiger partial charge on any atom is 0.340 e. The Morgan fingerprint density at radius 1 is 1.20 bits per heavy atom. The fourth-order valence-corrected chi connectivity index (χ4v) is 2.95. The second-order valence-corrected chi connectivity index (χ2v) is 5.46. The Morgan fingerprint density at radius 2 is 1.85 bits per heavy atom. The van der Waals surface area contributed by atoms with E-state index < -0.39 is 5.97 Å². The van der Waals surface area contributed by atoms with Crippen molar-refractivity contribution in [2.75, 3.05) is 13.7 Å². The number of aryl methyl sites for hydroxylation is 2. The van der Waals surface area contributed by atoms with Gasteiger partial charge in [0.15, 0.2) is 0 Å². The van der Waals surface area contributed by atoms with Crippen molar-refractivity contribution in [1.29, 1.82) is 0 Å². The molecule has 0 aromatic carbocycles. The van der Waals surface area contributed by atoms with Crippen molar-refractivity contribution in [2.45, 2.75) is 46.1 Å². The fraction of sp³-hybridized carbons (Fsp3) is 0.600. The zero-order valence-electron chi connectivity index (χ0n) is 12.6. The molecule has 2 rings (SSSR count). The summed E-state index contributed by atoms with van der Waals surface area (Å²) in [5.74, 6) is -0.528. The summed E-state index contributed by atoms with van der Waals surface area (Å²) in [6.07, 6.45) is 3.19. The summed E-state index contributed by atoms with van der Waals surface area (Å²) >= 11 is 0. The molecule has 1 aliphatic rings. The first-order chi connectivity index (χ1) is 9.47. The predicted octanol–water partition coefficient (Wildman–Crippen LogP) is 2.43. The first-order valence-corrected chi connectivity index (χ1v) is 7.05. The van der Waals surface area contributed by atoms with Crippen LogP contribution in [0.25, 0.3) is 0 Å². The van der Waals surface area contributed by atoms with Gasteiger partial charge in [-0.25, -0.2) is 4.79 Å². The normalized spacial score (nSPS) is 19.0. The van der Waals surface area contributed by atoms with Crippen LogP contribution in [0.3, 0.4) is 0 Å². The second-order valence-electron chi connectivity index (χ2n) is 5.46. The summed E-state index contributed by atoms with van der Waals surface area (Å²) < 4.78 is 4.81. The van der Waals surface area contributed by atoms with Crippen molar-refractivity contribution >= 4 is 11.9 Å². The summed E-state index contributed by atoms with van der Waals surface area (Å²) in [4.78, 5) is 29.7. The van der Waals surface area contributed by atoms with Gasteiger partial charge in [0, 0.05) is 24.0 Å². The molecule has 0 radical (unpaired) electrons. The molecule has 1 unspecified atom stereocenters. The molecule has 1 aromatic heterocycles. The zero-order valence-corrected chi connectivity index (χ0v) is 12.6. The van der Waals surface area contributed by atoms with E-state index in [1.165, 1.54) is 7.11 Å². The van der Waals surface area contributed by atoms with E-state index in [1.54, 1.807) is 6.92 Å². The van der Waals surface area contributed by atoms with E-state index in [0.717, 1.165) is 31.5 Å². The number of hydrogen-bond donors (Lipinski definition) is 1. The molecule has 1 atom stereocenters. The number of aromatic amines is 1. The number of esters is 1. The van der Waals surface area contributed by atoms with Gasteiger partial charge in [0.2, 0.25) is 0 Å². The van der Waals surface area contributed by atoms with Crippen LogP contribution in [0.5, 0.6) is 0 Å². The van der Waals surface area contributed by atoms with Crippen molar-refractivity contribution in [3.8, 4) is 0 Å². The highest BCUT2D eigenvalue weighted by atomic mass is 16.5. The summed E-state index contributed by atoms with van der Waals surface area (Å²) in [5, 5.41) is 0. The molecule has 1 N–H and O–H groups in total. The number of methoxy groups -OCH3 is 1. The monoisotopic (exact) mass is 278 g/mol. The lowest BCUT2D eigenvalue weighted by Crippen LogP contribution is -2.42. The molecule has 1 saturated heterocycles. The number of nitrogens with zero attached hydrogens (tertiary/aromatic N) is 1. The van der Waals surface area contributed by atoms with Crippen molar-refractivity contribution in [1.82, 2.24) is 9.88 Å². The van der Waals surface area contributed by atoms with E-state index in [0.29, 0.717) is 16.8 Å². The van der Waals surface area contributed by atoms with Crippen molar-refractivity contribution in [3.05, 3.63) is 22.5 Å². The highest BCUT2D eigenvalue weighted by molar-refractivity contribution is 6.07. The number of piperidine rings is 1. The van der Waals surface area contributed by atoms with Gasteiger partial charge in [0.1, 0.15) is 0 Å². The van der Waals surface area contributed by atoms with E-state index in [-0.39, 0.29) is 11.9 Å². The molecule has 2 heterocycles. The third kappa shape index (κ3) is 2.44. The second kappa shape index (κ2) is 5.69. The highest BCUT2D eigenvalue weighted by Gasteiger charge is 2.31. The van der Waals surface area contributed by atoms with Gasteiger partial charge < -0.3 is 14.6 Å². The number of nitrogens with one attached hydrogen (secondary N) is 1. The minimum absolute atomic E-state index is 0.0700. The molecule has 0 aliphatic carbocycles. The number of carbonyl (C=O) groups is 2. The van der Waals surface area contributed by atoms with E-state index in [9.17, 15) is 9.59 Å². The van der Waals surface area contributed by atoms with Crippen molar-refractivity contribution in [3.63, 3.8) is 0 Å². The van der Waals surface area contributed by atoms with Crippen LogP contribution < -0.4 is 0 Å². The Kier molecular flexibility index (Phi) is 4.16. The van der Waals surface area contributed by atoms with Gasteiger partial charge in [-0.2, -0.15) is 0 Å². The van der Waals surface area contributed by atoms with Crippen LogP contribution in [-0.2, 0) is 4.74 Å². The third-order valence-electron chi connectivity index (χ3n) is 4.04. The number of H-pyrrole nitrogens is 1. The Labute approximate surface area is 119 Å². The maximum absolute atomic E-state index is 12.8. The standard InChI is InChI=1S/C15H22N2O3/c1-9-7-5-6-8-17(9)14(18)12-10(2)16-11(3)13(12)15(19)20-4/h9,16H,5-8H2,1-4H3. The van der Waals surface area contributed by atoms with Gasteiger partial charge in [-0.05, 0) is 40.0 Å². The molecule has 0 saturated carbocycles. The lowest BCUT2D eigenvalue weighted by molar-refractivity contribution is 0.0571. The molecule has 1 fully saturated rings. The van der Waals surface area contributed by atoms with E-state index in [4.69, 9.17) is 4.74 Å². The average Bonchev–Trinajstić information content (AvgIpc) is 2.72. The number of likely N-dealkylation sites (tertiary alicyclic amines) is 1. The molecule has 20 heavy (non-hydrogen) atoms. The first-order valence-electron chi connectivity index (χ1n) is 7.05. The Bertz CT molecular complexity index is 533. The van der Waals surface area contributed by atoms with Gasteiger partial charge in [-0.1, -0.05) is 0 Å². The molecular weight excluding hydrogens is 256 g/mol. The highest BCUT2D eigenvalue weighted by Crippen LogP contribution is 2.25. The molecule has 110 valence electrons. The number of carbonyl (C=O) groups excluding carboxylic acids is 2. The largest absolute Gasteiger partial charge is 0.465 e. The molecule has 1 amide bonds. The molecular formula is C15H22N2O3. The quantitative estimate of drug-likeness (QED) is 0.845. The summed E-state index contributed by atoms with van der Waals surface area (Å²) in [6, 6.07) is 0.219. The lowest BCUT2D eigenvalue weighted by Gasteiger charge is -2.33.